The SMILES string of the molecule is Cc1cccc(C(=O)N2CCN(C(C)CN)CC2)c1. The van der Waals surface area contributed by atoms with E-state index in [9.17, 15) is 4.79 Å². The van der Waals surface area contributed by atoms with Crippen LogP contribution in [0, 0.1) is 6.92 Å². The van der Waals surface area contributed by atoms with Crippen molar-refractivity contribution in [1.29, 1.82) is 0 Å². The molecule has 4 heteroatoms. The summed E-state index contributed by atoms with van der Waals surface area (Å²) in [6.45, 7) is 8.22. The molecule has 1 unspecified atom stereocenters. The maximum atomic E-state index is 12.4. The second-order valence-electron chi connectivity index (χ2n) is 5.28. The van der Waals surface area contributed by atoms with E-state index in [0.29, 0.717) is 12.6 Å². The predicted molar refractivity (Wildman–Crippen MR) is 77.2 cm³/mol. The largest absolute Gasteiger partial charge is 0.336 e. The highest BCUT2D eigenvalue weighted by molar-refractivity contribution is 5.94. The summed E-state index contributed by atoms with van der Waals surface area (Å²) >= 11 is 0. The highest BCUT2D eigenvalue weighted by atomic mass is 16.2. The van der Waals surface area contributed by atoms with Crippen LogP contribution in [0.3, 0.4) is 0 Å². The first-order valence-electron chi connectivity index (χ1n) is 6.92. The summed E-state index contributed by atoms with van der Waals surface area (Å²) in [6.07, 6.45) is 0. The Balaban J connectivity index is 1.96. The Morgan fingerprint density at radius 3 is 2.58 bits per heavy atom. The summed E-state index contributed by atoms with van der Waals surface area (Å²) in [7, 11) is 0. The smallest absolute Gasteiger partial charge is 0.253 e. The van der Waals surface area contributed by atoms with Crippen LogP contribution in [0.4, 0.5) is 0 Å². The van der Waals surface area contributed by atoms with Crippen LogP contribution in [-0.4, -0.2) is 54.5 Å². The van der Waals surface area contributed by atoms with Crippen LogP contribution in [0.15, 0.2) is 24.3 Å². The molecule has 1 saturated heterocycles. The Hall–Kier alpha value is -1.39. The minimum atomic E-state index is 0.142. The Bertz CT molecular complexity index is 439. The molecule has 0 spiro atoms. The molecule has 19 heavy (non-hydrogen) atoms. The Morgan fingerprint density at radius 2 is 2.00 bits per heavy atom. The van der Waals surface area contributed by atoms with Crippen molar-refractivity contribution in [3.63, 3.8) is 0 Å². The number of carbonyl (C=O) groups is 1. The first-order chi connectivity index (χ1) is 9.11. The van der Waals surface area contributed by atoms with Gasteiger partial charge in [-0.15, -0.1) is 0 Å². The number of nitrogens with zero attached hydrogens (tertiary/aromatic N) is 2. The van der Waals surface area contributed by atoms with Crippen molar-refractivity contribution in [2.75, 3.05) is 32.7 Å². The number of hydrogen-bond donors (Lipinski definition) is 1. The average Bonchev–Trinajstić information content (AvgIpc) is 2.46. The number of nitrogens with two attached hydrogens (primary N) is 1. The number of amides is 1. The second-order valence-corrected chi connectivity index (χ2v) is 5.28. The molecule has 1 aliphatic rings. The summed E-state index contributed by atoms with van der Waals surface area (Å²) in [5.74, 6) is 0.142. The molecular weight excluding hydrogens is 238 g/mol. The zero-order valence-electron chi connectivity index (χ0n) is 11.8. The lowest BCUT2D eigenvalue weighted by Gasteiger charge is -2.37. The number of piperazine rings is 1. The highest BCUT2D eigenvalue weighted by Gasteiger charge is 2.24. The van der Waals surface area contributed by atoms with Gasteiger partial charge in [0.1, 0.15) is 0 Å². The number of aryl methyl sites for hydroxylation is 1. The van der Waals surface area contributed by atoms with Gasteiger partial charge in [-0.3, -0.25) is 9.69 Å². The van der Waals surface area contributed by atoms with E-state index < -0.39 is 0 Å². The fourth-order valence-electron chi connectivity index (χ4n) is 2.48. The molecule has 0 saturated carbocycles. The van der Waals surface area contributed by atoms with Crippen LogP contribution < -0.4 is 5.73 Å². The molecule has 0 aromatic heterocycles. The molecule has 1 fully saturated rings. The van der Waals surface area contributed by atoms with Crippen LogP contribution in [0.1, 0.15) is 22.8 Å². The maximum Gasteiger partial charge on any atom is 0.253 e. The van der Waals surface area contributed by atoms with Gasteiger partial charge in [-0.05, 0) is 26.0 Å². The predicted octanol–water partition coefficient (Wildman–Crippen LogP) is 1.10. The zero-order valence-corrected chi connectivity index (χ0v) is 11.8. The van der Waals surface area contributed by atoms with Crippen molar-refractivity contribution >= 4 is 5.91 Å². The topological polar surface area (TPSA) is 49.6 Å². The van der Waals surface area contributed by atoms with Crippen molar-refractivity contribution in [3.05, 3.63) is 35.4 Å². The fraction of sp³-hybridized carbons (Fsp3) is 0.533. The van der Waals surface area contributed by atoms with E-state index in [-0.39, 0.29) is 5.91 Å². The third-order valence-electron chi connectivity index (χ3n) is 3.83. The first-order valence-corrected chi connectivity index (χ1v) is 6.92. The molecule has 1 aromatic carbocycles. The highest BCUT2D eigenvalue weighted by Crippen LogP contribution is 2.11. The van der Waals surface area contributed by atoms with Crippen LogP contribution in [0.2, 0.25) is 0 Å². The molecule has 2 rings (SSSR count). The lowest BCUT2D eigenvalue weighted by molar-refractivity contribution is 0.0589. The monoisotopic (exact) mass is 261 g/mol. The molecule has 0 aliphatic carbocycles. The average molecular weight is 261 g/mol. The maximum absolute atomic E-state index is 12.4. The third kappa shape index (κ3) is 3.33. The molecule has 0 bridgehead atoms. The Labute approximate surface area is 115 Å². The lowest BCUT2D eigenvalue weighted by Crippen LogP contribution is -2.52. The van der Waals surface area contributed by atoms with Gasteiger partial charge < -0.3 is 10.6 Å². The van der Waals surface area contributed by atoms with Crippen molar-refractivity contribution in [2.45, 2.75) is 19.9 Å². The van der Waals surface area contributed by atoms with Gasteiger partial charge in [-0.2, -0.15) is 0 Å². The molecule has 0 radical (unpaired) electrons. The van der Waals surface area contributed by atoms with Gasteiger partial charge in [0.2, 0.25) is 0 Å². The van der Waals surface area contributed by atoms with E-state index >= 15 is 0 Å². The number of carbonyl (C=O) groups excluding carboxylic acids is 1. The van der Waals surface area contributed by atoms with Crippen LogP contribution in [0.5, 0.6) is 0 Å². The van der Waals surface area contributed by atoms with E-state index in [1.54, 1.807) is 0 Å². The summed E-state index contributed by atoms with van der Waals surface area (Å²) in [5.41, 5.74) is 7.60. The van der Waals surface area contributed by atoms with Gasteiger partial charge in [0.25, 0.3) is 5.91 Å². The summed E-state index contributed by atoms with van der Waals surface area (Å²) in [4.78, 5) is 16.7. The Morgan fingerprint density at radius 1 is 1.32 bits per heavy atom. The molecule has 1 amide bonds. The van der Waals surface area contributed by atoms with E-state index in [1.807, 2.05) is 36.1 Å². The minimum absolute atomic E-state index is 0.142. The second kappa shape index (κ2) is 6.17. The molecule has 104 valence electrons. The van der Waals surface area contributed by atoms with E-state index in [0.717, 1.165) is 37.3 Å². The molecule has 4 nitrogen and oxygen atoms in total. The molecular formula is C15H23N3O. The molecule has 2 N–H and O–H groups in total. The van der Waals surface area contributed by atoms with Crippen molar-refractivity contribution < 1.29 is 4.79 Å². The standard InChI is InChI=1S/C15H23N3O/c1-12-4-3-5-14(10-12)15(19)18-8-6-17(7-9-18)13(2)11-16/h3-5,10,13H,6-9,11,16H2,1-2H3. The lowest BCUT2D eigenvalue weighted by atomic mass is 10.1. The molecule has 1 atom stereocenters. The third-order valence-corrected chi connectivity index (χ3v) is 3.83. The van der Waals surface area contributed by atoms with E-state index in [1.165, 1.54) is 0 Å². The van der Waals surface area contributed by atoms with Crippen molar-refractivity contribution in [3.8, 4) is 0 Å². The summed E-state index contributed by atoms with van der Waals surface area (Å²) < 4.78 is 0. The van der Waals surface area contributed by atoms with Crippen LogP contribution in [0.25, 0.3) is 0 Å². The van der Waals surface area contributed by atoms with Gasteiger partial charge in [-0.1, -0.05) is 17.7 Å². The molecule has 1 aliphatic heterocycles. The number of benzene rings is 1. The fourth-order valence-corrected chi connectivity index (χ4v) is 2.48. The quantitative estimate of drug-likeness (QED) is 0.886. The number of hydrogen-bond acceptors (Lipinski definition) is 3. The van der Waals surface area contributed by atoms with E-state index in [2.05, 4.69) is 11.8 Å². The molecule has 1 heterocycles. The van der Waals surface area contributed by atoms with E-state index in [4.69, 9.17) is 5.73 Å². The summed E-state index contributed by atoms with van der Waals surface area (Å²) in [5, 5.41) is 0. The zero-order chi connectivity index (χ0) is 13.8. The van der Waals surface area contributed by atoms with Gasteiger partial charge in [-0.25, -0.2) is 0 Å². The van der Waals surface area contributed by atoms with Crippen LogP contribution in [-0.2, 0) is 0 Å². The van der Waals surface area contributed by atoms with Gasteiger partial charge in [0.05, 0.1) is 0 Å². The van der Waals surface area contributed by atoms with Crippen molar-refractivity contribution in [1.82, 2.24) is 9.80 Å². The van der Waals surface area contributed by atoms with Crippen LogP contribution >= 0.6 is 0 Å². The summed E-state index contributed by atoms with van der Waals surface area (Å²) in [6, 6.07) is 8.20. The van der Waals surface area contributed by atoms with Crippen molar-refractivity contribution in [2.24, 2.45) is 5.73 Å². The Kier molecular flexibility index (Phi) is 4.56. The van der Waals surface area contributed by atoms with Gasteiger partial charge in [0.15, 0.2) is 0 Å². The number of rotatable bonds is 3. The van der Waals surface area contributed by atoms with Gasteiger partial charge in [0, 0.05) is 44.3 Å². The first kappa shape index (κ1) is 14.0. The molecule has 1 aromatic rings. The normalized spacial score (nSPS) is 18.4. The van der Waals surface area contributed by atoms with Gasteiger partial charge >= 0.3 is 0 Å². The minimum Gasteiger partial charge on any atom is -0.336 e.